The van der Waals surface area contributed by atoms with E-state index in [0.717, 1.165) is 56.1 Å². The second kappa shape index (κ2) is 8.94. The summed E-state index contributed by atoms with van der Waals surface area (Å²) in [6.45, 7) is 11.2. The molecule has 4 rings (SSSR count). The predicted molar refractivity (Wildman–Crippen MR) is 117 cm³/mol. The van der Waals surface area contributed by atoms with Crippen LogP contribution in [0.1, 0.15) is 42.7 Å². The van der Waals surface area contributed by atoms with Crippen LogP contribution in [0.2, 0.25) is 0 Å². The molecule has 2 aromatic rings. The molecular formula is C23H31N3O2S. The number of aryl methyl sites for hydroxylation is 1. The van der Waals surface area contributed by atoms with Crippen LogP contribution in [0, 0.1) is 12.8 Å². The van der Waals surface area contributed by atoms with Gasteiger partial charge < -0.3 is 9.64 Å². The van der Waals surface area contributed by atoms with Crippen LogP contribution in [0.3, 0.4) is 0 Å². The molecule has 0 bridgehead atoms. The molecule has 5 nitrogen and oxygen atoms in total. The summed E-state index contributed by atoms with van der Waals surface area (Å²) >= 11 is 1.55. The Balaban J connectivity index is 1.31. The smallest absolute Gasteiger partial charge is 0.273 e. The first-order valence-electron chi connectivity index (χ1n) is 10.7. The van der Waals surface area contributed by atoms with E-state index in [0.29, 0.717) is 23.8 Å². The Morgan fingerprint density at radius 2 is 1.79 bits per heavy atom. The zero-order valence-electron chi connectivity index (χ0n) is 17.6. The number of carbonyl (C=O) groups excluding carboxylic acids is 1. The molecule has 0 aliphatic carbocycles. The van der Waals surface area contributed by atoms with E-state index in [9.17, 15) is 4.79 Å². The molecule has 6 heteroatoms. The van der Waals surface area contributed by atoms with Gasteiger partial charge in [-0.3, -0.25) is 9.69 Å². The van der Waals surface area contributed by atoms with Crippen molar-refractivity contribution in [3.05, 3.63) is 40.9 Å². The molecule has 2 saturated heterocycles. The third-order valence-electron chi connectivity index (χ3n) is 5.94. The van der Waals surface area contributed by atoms with Crippen molar-refractivity contribution in [1.29, 1.82) is 0 Å². The maximum atomic E-state index is 12.9. The van der Waals surface area contributed by atoms with E-state index in [-0.39, 0.29) is 5.91 Å². The average molecular weight is 414 g/mol. The maximum absolute atomic E-state index is 12.9. The number of aromatic nitrogens is 1. The van der Waals surface area contributed by atoms with Gasteiger partial charge in [-0.2, -0.15) is 0 Å². The Kier molecular flexibility index (Phi) is 6.32. The normalized spacial score (nSPS) is 24.0. The SMILES string of the molecule is Cc1ccc(-c2nc(C(=O)N3CCC(CN4CC(C)OC(C)C4)CC3)cs2)cc1. The predicted octanol–water partition coefficient (Wildman–Crippen LogP) is 4.08. The van der Waals surface area contributed by atoms with Gasteiger partial charge in [0.15, 0.2) is 0 Å². The van der Waals surface area contributed by atoms with Crippen molar-refractivity contribution in [2.24, 2.45) is 5.92 Å². The number of likely N-dealkylation sites (tertiary alicyclic amines) is 1. The summed E-state index contributed by atoms with van der Waals surface area (Å²) in [4.78, 5) is 22.1. The standard InChI is InChI=1S/C23H31N3O2S/c1-16-4-6-20(7-5-16)22-24-21(15-29-22)23(27)26-10-8-19(9-11-26)14-25-12-17(2)28-18(3)13-25/h4-7,15,17-19H,8-14H2,1-3H3. The lowest BCUT2D eigenvalue weighted by Gasteiger charge is -2.39. The Morgan fingerprint density at radius 3 is 2.45 bits per heavy atom. The topological polar surface area (TPSA) is 45.7 Å². The third kappa shape index (κ3) is 5.05. The van der Waals surface area contributed by atoms with Gasteiger partial charge in [-0.15, -0.1) is 11.3 Å². The lowest BCUT2D eigenvalue weighted by Crippen LogP contribution is -2.48. The van der Waals surface area contributed by atoms with E-state index in [2.05, 4.69) is 54.9 Å². The molecule has 1 amide bonds. The number of benzene rings is 1. The van der Waals surface area contributed by atoms with Crippen molar-refractivity contribution in [1.82, 2.24) is 14.8 Å². The summed E-state index contributed by atoms with van der Waals surface area (Å²) in [5.74, 6) is 0.738. The van der Waals surface area contributed by atoms with Gasteiger partial charge in [0.05, 0.1) is 12.2 Å². The van der Waals surface area contributed by atoms with Crippen LogP contribution in [-0.2, 0) is 4.74 Å². The summed E-state index contributed by atoms with van der Waals surface area (Å²) < 4.78 is 5.84. The van der Waals surface area contributed by atoms with Crippen LogP contribution in [0.4, 0.5) is 0 Å². The molecule has 0 radical (unpaired) electrons. The molecule has 1 aromatic heterocycles. The number of nitrogens with zero attached hydrogens (tertiary/aromatic N) is 3. The fourth-order valence-electron chi connectivity index (χ4n) is 4.48. The van der Waals surface area contributed by atoms with Crippen LogP contribution < -0.4 is 0 Å². The van der Waals surface area contributed by atoms with Gasteiger partial charge in [-0.1, -0.05) is 29.8 Å². The Labute approximate surface area is 177 Å². The fraction of sp³-hybridized carbons (Fsp3) is 0.565. The highest BCUT2D eigenvalue weighted by Crippen LogP contribution is 2.26. The van der Waals surface area contributed by atoms with Crippen LogP contribution in [0.15, 0.2) is 29.6 Å². The first kappa shape index (κ1) is 20.5. The molecule has 1 aromatic carbocycles. The number of thiazole rings is 1. The molecule has 0 saturated carbocycles. The molecule has 29 heavy (non-hydrogen) atoms. The third-order valence-corrected chi connectivity index (χ3v) is 6.83. The minimum absolute atomic E-state index is 0.0756. The lowest BCUT2D eigenvalue weighted by molar-refractivity contribution is -0.0728. The number of morpholine rings is 1. The Bertz CT molecular complexity index is 817. The van der Waals surface area contributed by atoms with E-state index in [1.54, 1.807) is 11.3 Å². The van der Waals surface area contributed by atoms with Gasteiger partial charge in [0.25, 0.3) is 5.91 Å². The van der Waals surface area contributed by atoms with Gasteiger partial charge in [0.1, 0.15) is 10.7 Å². The van der Waals surface area contributed by atoms with E-state index < -0.39 is 0 Å². The van der Waals surface area contributed by atoms with Crippen molar-refractivity contribution in [2.45, 2.75) is 45.8 Å². The summed E-state index contributed by atoms with van der Waals surface area (Å²) in [5.41, 5.74) is 2.89. The van der Waals surface area contributed by atoms with Crippen molar-refractivity contribution in [3.63, 3.8) is 0 Å². The first-order chi connectivity index (χ1) is 14.0. The maximum Gasteiger partial charge on any atom is 0.273 e. The number of amides is 1. The molecule has 2 aliphatic heterocycles. The lowest BCUT2D eigenvalue weighted by atomic mass is 9.95. The monoisotopic (exact) mass is 413 g/mol. The van der Waals surface area contributed by atoms with Crippen LogP contribution in [-0.4, -0.2) is 65.6 Å². The highest BCUT2D eigenvalue weighted by molar-refractivity contribution is 7.13. The molecule has 2 atom stereocenters. The Hall–Kier alpha value is -1.76. The van der Waals surface area contributed by atoms with Crippen molar-refractivity contribution >= 4 is 17.2 Å². The van der Waals surface area contributed by atoms with E-state index >= 15 is 0 Å². The highest BCUT2D eigenvalue weighted by atomic mass is 32.1. The van der Waals surface area contributed by atoms with Crippen molar-refractivity contribution in [2.75, 3.05) is 32.7 Å². The summed E-state index contributed by atoms with van der Waals surface area (Å²) in [6, 6.07) is 8.31. The van der Waals surface area contributed by atoms with Crippen molar-refractivity contribution in [3.8, 4) is 10.6 Å². The summed E-state index contributed by atoms with van der Waals surface area (Å²) in [7, 11) is 0. The minimum atomic E-state index is 0.0756. The molecule has 0 N–H and O–H groups in total. The summed E-state index contributed by atoms with van der Waals surface area (Å²) in [5, 5.41) is 2.82. The van der Waals surface area contributed by atoms with Crippen LogP contribution in [0.25, 0.3) is 10.6 Å². The van der Waals surface area contributed by atoms with E-state index in [4.69, 9.17) is 4.74 Å². The van der Waals surface area contributed by atoms with Gasteiger partial charge in [-0.25, -0.2) is 4.98 Å². The molecule has 2 fully saturated rings. The van der Waals surface area contributed by atoms with E-state index in [1.165, 1.54) is 5.56 Å². The molecule has 2 unspecified atom stereocenters. The number of rotatable bonds is 4. The summed E-state index contributed by atoms with van der Waals surface area (Å²) in [6.07, 6.45) is 2.77. The van der Waals surface area contributed by atoms with Gasteiger partial charge in [0.2, 0.25) is 0 Å². The number of piperidine rings is 1. The second-order valence-corrected chi connectivity index (χ2v) is 9.47. The van der Waals surface area contributed by atoms with Gasteiger partial charge in [0, 0.05) is 43.7 Å². The zero-order valence-corrected chi connectivity index (χ0v) is 18.5. The average Bonchev–Trinajstić information content (AvgIpc) is 3.18. The van der Waals surface area contributed by atoms with Gasteiger partial charge in [-0.05, 0) is 39.5 Å². The number of hydrogen-bond acceptors (Lipinski definition) is 5. The van der Waals surface area contributed by atoms with E-state index in [1.807, 2.05) is 10.3 Å². The van der Waals surface area contributed by atoms with Crippen LogP contribution in [0.5, 0.6) is 0 Å². The number of ether oxygens (including phenoxy) is 1. The quantitative estimate of drug-likeness (QED) is 0.758. The zero-order chi connectivity index (χ0) is 20.4. The molecule has 2 aliphatic rings. The highest BCUT2D eigenvalue weighted by Gasteiger charge is 2.29. The second-order valence-electron chi connectivity index (χ2n) is 8.62. The number of carbonyl (C=O) groups is 1. The first-order valence-corrected chi connectivity index (χ1v) is 11.6. The fourth-order valence-corrected chi connectivity index (χ4v) is 5.28. The Morgan fingerprint density at radius 1 is 1.14 bits per heavy atom. The number of hydrogen-bond donors (Lipinski definition) is 0. The van der Waals surface area contributed by atoms with Crippen LogP contribution >= 0.6 is 11.3 Å². The molecular weight excluding hydrogens is 382 g/mol. The van der Waals surface area contributed by atoms with Gasteiger partial charge >= 0.3 is 0 Å². The molecule has 156 valence electrons. The largest absolute Gasteiger partial charge is 0.373 e. The molecule has 3 heterocycles. The van der Waals surface area contributed by atoms with Crippen molar-refractivity contribution < 1.29 is 9.53 Å². The molecule has 0 spiro atoms. The minimum Gasteiger partial charge on any atom is -0.373 e.